The summed E-state index contributed by atoms with van der Waals surface area (Å²) in [4.78, 5) is 35.5. The third-order valence-corrected chi connectivity index (χ3v) is 3.49. The van der Waals surface area contributed by atoms with Gasteiger partial charge in [0, 0.05) is 18.9 Å². The average Bonchev–Trinajstić information content (AvgIpc) is 2.34. The van der Waals surface area contributed by atoms with E-state index >= 15 is 0 Å². The fraction of sp³-hybridized carbons (Fsp3) is 0.429. The molecule has 0 spiro atoms. The van der Waals surface area contributed by atoms with E-state index in [4.69, 9.17) is 5.73 Å². The van der Waals surface area contributed by atoms with E-state index in [0.717, 1.165) is 4.90 Å². The predicted molar refractivity (Wildman–Crippen MR) is 76.1 cm³/mol. The number of carbonyl (C=O) groups is 2. The maximum atomic E-state index is 12.1. The van der Waals surface area contributed by atoms with Crippen molar-refractivity contribution in [1.82, 2.24) is 4.90 Å². The third kappa shape index (κ3) is 3.18. The van der Waals surface area contributed by atoms with Gasteiger partial charge in [-0.2, -0.15) is 0 Å². The Kier molecular flexibility index (Phi) is 3.67. The molecule has 1 saturated heterocycles. The van der Waals surface area contributed by atoms with Gasteiger partial charge in [-0.05, 0) is 17.0 Å². The molecule has 1 aromatic rings. The molecule has 0 saturated carbocycles. The molecule has 1 aromatic carbocycles. The molecule has 1 aliphatic rings. The van der Waals surface area contributed by atoms with E-state index in [0.29, 0.717) is 5.56 Å². The van der Waals surface area contributed by atoms with E-state index in [1.54, 1.807) is 6.07 Å². The van der Waals surface area contributed by atoms with E-state index in [1.807, 2.05) is 13.8 Å². The minimum absolute atomic E-state index is 0.0366. The SMILES string of the molecule is CC1(C)CC(=O)N(Cc2ccc(N)c([N+](=O)[O-])c2)C(=O)C1. The molecule has 2 N–H and O–H groups in total. The topological polar surface area (TPSA) is 107 Å². The lowest BCUT2D eigenvalue weighted by atomic mass is 9.81. The predicted octanol–water partition coefficient (Wildman–Crippen LogP) is 1.85. The second-order valence-electron chi connectivity index (χ2n) is 6.04. The standard InChI is InChI=1S/C14H17N3O4/c1-14(2)6-12(18)16(13(19)7-14)8-9-3-4-10(15)11(5-9)17(20)21/h3-5H,6-8,15H2,1-2H3. The lowest BCUT2D eigenvalue weighted by Gasteiger charge is -2.34. The number of nitrogens with two attached hydrogens (primary N) is 1. The van der Waals surface area contributed by atoms with Crippen molar-refractivity contribution >= 4 is 23.2 Å². The van der Waals surface area contributed by atoms with Crippen molar-refractivity contribution in [2.24, 2.45) is 5.41 Å². The summed E-state index contributed by atoms with van der Waals surface area (Å²) in [6.45, 7) is 3.78. The molecule has 0 unspecified atom stereocenters. The number of carbonyl (C=O) groups excluding carboxylic acids is 2. The molecule has 1 aliphatic heterocycles. The second-order valence-corrected chi connectivity index (χ2v) is 6.04. The Morgan fingerprint density at radius 1 is 1.29 bits per heavy atom. The largest absolute Gasteiger partial charge is 0.393 e. The molecular formula is C14H17N3O4. The number of piperidine rings is 1. The monoisotopic (exact) mass is 291 g/mol. The van der Waals surface area contributed by atoms with Crippen molar-refractivity contribution in [1.29, 1.82) is 0 Å². The van der Waals surface area contributed by atoms with E-state index < -0.39 is 4.92 Å². The first kappa shape index (κ1) is 15.0. The minimum atomic E-state index is -0.582. The van der Waals surface area contributed by atoms with Gasteiger partial charge in [0.05, 0.1) is 11.5 Å². The summed E-state index contributed by atoms with van der Waals surface area (Å²) >= 11 is 0. The fourth-order valence-electron chi connectivity index (χ4n) is 2.42. The van der Waals surface area contributed by atoms with E-state index in [9.17, 15) is 19.7 Å². The van der Waals surface area contributed by atoms with Crippen LogP contribution in [0.3, 0.4) is 0 Å². The Hall–Kier alpha value is -2.44. The van der Waals surface area contributed by atoms with Gasteiger partial charge < -0.3 is 5.73 Å². The van der Waals surface area contributed by atoms with E-state index in [1.165, 1.54) is 12.1 Å². The van der Waals surface area contributed by atoms with Gasteiger partial charge in [-0.15, -0.1) is 0 Å². The molecule has 0 bridgehead atoms. The lowest BCUT2D eigenvalue weighted by Crippen LogP contribution is -2.45. The summed E-state index contributed by atoms with van der Waals surface area (Å²) in [5.41, 5.74) is 5.54. The van der Waals surface area contributed by atoms with Gasteiger partial charge in [-0.25, -0.2) is 0 Å². The van der Waals surface area contributed by atoms with Crippen molar-refractivity contribution in [2.45, 2.75) is 33.2 Å². The molecule has 2 amide bonds. The highest BCUT2D eigenvalue weighted by Gasteiger charge is 2.37. The Morgan fingerprint density at radius 2 is 1.86 bits per heavy atom. The van der Waals surface area contributed by atoms with Gasteiger partial charge in [-0.3, -0.25) is 24.6 Å². The Bertz CT molecular complexity index is 605. The third-order valence-electron chi connectivity index (χ3n) is 3.49. The highest BCUT2D eigenvalue weighted by atomic mass is 16.6. The number of likely N-dealkylation sites (tertiary alicyclic amines) is 1. The lowest BCUT2D eigenvalue weighted by molar-refractivity contribution is -0.384. The summed E-state index contributed by atoms with van der Waals surface area (Å²) in [5, 5.41) is 10.9. The van der Waals surface area contributed by atoms with Crippen LogP contribution in [0.15, 0.2) is 18.2 Å². The van der Waals surface area contributed by atoms with Gasteiger partial charge in [0.1, 0.15) is 5.69 Å². The number of nitro benzene ring substituents is 1. The quantitative estimate of drug-likeness (QED) is 0.396. The first-order valence-electron chi connectivity index (χ1n) is 6.55. The zero-order valence-corrected chi connectivity index (χ0v) is 12.0. The number of amides is 2. The van der Waals surface area contributed by atoms with Crippen LogP contribution in [0.1, 0.15) is 32.3 Å². The van der Waals surface area contributed by atoms with Gasteiger partial charge in [0.2, 0.25) is 11.8 Å². The summed E-state index contributed by atoms with van der Waals surface area (Å²) < 4.78 is 0. The highest BCUT2D eigenvalue weighted by molar-refractivity contribution is 5.98. The summed E-state index contributed by atoms with van der Waals surface area (Å²) in [5.74, 6) is -0.508. The van der Waals surface area contributed by atoms with Crippen molar-refractivity contribution in [3.05, 3.63) is 33.9 Å². The van der Waals surface area contributed by atoms with Crippen LogP contribution in [0.4, 0.5) is 11.4 Å². The molecule has 0 aromatic heterocycles. The first-order chi connectivity index (χ1) is 9.69. The first-order valence-corrected chi connectivity index (χ1v) is 6.55. The Morgan fingerprint density at radius 3 is 2.38 bits per heavy atom. The highest BCUT2D eigenvalue weighted by Crippen LogP contribution is 2.32. The van der Waals surface area contributed by atoms with Crippen LogP contribution in [0, 0.1) is 15.5 Å². The number of imide groups is 1. The summed E-state index contributed by atoms with van der Waals surface area (Å²) in [7, 11) is 0. The second kappa shape index (κ2) is 5.16. The molecule has 1 heterocycles. The number of hydrogen-bond acceptors (Lipinski definition) is 5. The van der Waals surface area contributed by atoms with Crippen LogP contribution in [0.5, 0.6) is 0 Å². The number of anilines is 1. The fourth-order valence-corrected chi connectivity index (χ4v) is 2.42. The van der Waals surface area contributed by atoms with Crippen LogP contribution in [-0.4, -0.2) is 21.6 Å². The number of nitro groups is 1. The van der Waals surface area contributed by atoms with Gasteiger partial charge >= 0.3 is 0 Å². The molecule has 0 aliphatic carbocycles. The number of rotatable bonds is 3. The van der Waals surface area contributed by atoms with Crippen LogP contribution < -0.4 is 5.73 Å². The number of nitrogens with zero attached hydrogens (tertiary/aromatic N) is 2. The normalized spacial score (nSPS) is 17.9. The van der Waals surface area contributed by atoms with Crippen LogP contribution in [-0.2, 0) is 16.1 Å². The zero-order chi connectivity index (χ0) is 15.8. The van der Waals surface area contributed by atoms with Gasteiger partial charge in [0.15, 0.2) is 0 Å². The minimum Gasteiger partial charge on any atom is -0.393 e. The smallest absolute Gasteiger partial charge is 0.292 e. The van der Waals surface area contributed by atoms with Crippen LogP contribution in [0.2, 0.25) is 0 Å². The van der Waals surface area contributed by atoms with Gasteiger partial charge in [-0.1, -0.05) is 19.9 Å². The number of benzene rings is 1. The molecule has 21 heavy (non-hydrogen) atoms. The molecule has 0 radical (unpaired) electrons. The number of nitrogen functional groups attached to an aromatic ring is 1. The zero-order valence-electron chi connectivity index (χ0n) is 12.0. The average molecular weight is 291 g/mol. The molecule has 1 fully saturated rings. The Labute approximate surface area is 121 Å². The number of hydrogen-bond donors (Lipinski definition) is 1. The molecule has 2 rings (SSSR count). The maximum Gasteiger partial charge on any atom is 0.292 e. The van der Waals surface area contributed by atoms with Crippen molar-refractivity contribution in [2.75, 3.05) is 5.73 Å². The van der Waals surface area contributed by atoms with E-state index in [-0.39, 0.29) is 48.0 Å². The summed E-state index contributed by atoms with van der Waals surface area (Å²) in [6, 6.07) is 4.30. The van der Waals surface area contributed by atoms with Crippen molar-refractivity contribution in [3.63, 3.8) is 0 Å². The molecule has 112 valence electrons. The maximum absolute atomic E-state index is 12.1. The van der Waals surface area contributed by atoms with Crippen LogP contribution >= 0.6 is 0 Å². The molecule has 0 atom stereocenters. The summed E-state index contributed by atoms with van der Waals surface area (Å²) in [6.07, 6.45) is 0.575. The molecule has 7 heteroatoms. The van der Waals surface area contributed by atoms with Crippen LogP contribution in [0.25, 0.3) is 0 Å². The van der Waals surface area contributed by atoms with Gasteiger partial charge in [0.25, 0.3) is 5.69 Å². The Balaban J connectivity index is 2.22. The van der Waals surface area contributed by atoms with E-state index in [2.05, 4.69) is 0 Å². The van der Waals surface area contributed by atoms with Crippen molar-refractivity contribution in [3.8, 4) is 0 Å². The molecule has 7 nitrogen and oxygen atoms in total. The molecular weight excluding hydrogens is 274 g/mol. The van der Waals surface area contributed by atoms with Crippen molar-refractivity contribution < 1.29 is 14.5 Å².